The van der Waals surface area contributed by atoms with Gasteiger partial charge in [0, 0.05) is 12.1 Å². The fourth-order valence-electron chi connectivity index (χ4n) is 0.247. The highest BCUT2D eigenvalue weighted by atomic mass is 32.2. The zero-order valence-electron chi connectivity index (χ0n) is 3.55. The molecule has 1 aliphatic rings. The van der Waals surface area contributed by atoms with E-state index in [1.54, 1.807) is 0 Å². The fourth-order valence-corrected chi connectivity index (χ4v) is 0.637. The Morgan fingerprint density at radius 1 is 2.00 bits per heavy atom. The van der Waals surface area contributed by atoms with Gasteiger partial charge in [0.15, 0.2) is 0 Å². The summed E-state index contributed by atoms with van der Waals surface area (Å²) in [6.45, 7) is 0. The highest BCUT2D eigenvalue weighted by Gasteiger charge is 2.06. The molecule has 3 nitrogen and oxygen atoms in total. The Balaban J connectivity index is 2.21. The van der Waals surface area contributed by atoms with Gasteiger partial charge in [0.05, 0.1) is 0 Å². The van der Waals surface area contributed by atoms with Crippen LogP contribution in [0.4, 0.5) is 0 Å². The first kappa shape index (κ1) is 4.80. The highest BCUT2D eigenvalue weighted by molar-refractivity contribution is 7.77. The van der Waals surface area contributed by atoms with Crippen LogP contribution in [0.1, 0.15) is 6.42 Å². The van der Waals surface area contributed by atoms with Crippen molar-refractivity contribution >= 4 is 11.3 Å². The fraction of sp³-hybridized carbons (Fsp3) is 0.333. The lowest BCUT2D eigenvalue weighted by atomic mass is 10.8. The maximum atomic E-state index is 9.81. The molecule has 0 saturated heterocycles. The molecule has 0 aromatic carbocycles. The molecule has 1 unspecified atom stereocenters. The second-order valence-corrected chi connectivity index (χ2v) is 1.99. The smallest absolute Gasteiger partial charge is 0.258 e. The summed E-state index contributed by atoms with van der Waals surface area (Å²) in [6, 6.07) is 0. The van der Waals surface area contributed by atoms with Crippen LogP contribution in [0.15, 0.2) is 11.8 Å². The molecule has 0 bridgehead atoms. The molecule has 0 spiro atoms. The second-order valence-electron chi connectivity index (χ2n) is 1.28. The van der Waals surface area contributed by atoms with Crippen molar-refractivity contribution in [3.05, 3.63) is 11.8 Å². The summed E-state index contributed by atoms with van der Waals surface area (Å²) in [5, 5.41) is 0. The monoisotopic (exact) mass is 119 g/mol. The lowest BCUT2D eigenvalue weighted by Gasteiger charge is -1.87. The van der Waals surface area contributed by atoms with Gasteiger partial charge in [-0.25, -0.2) is 4.21 Å². The van der Waals surface area contributed by atoms with Gasteiger partial charge in [-0.15, -0.1) is 0 Å². The Hall–Kier alpha value is -0.350. The summed E-state index contributed by atoms with van der Waals surface area (Å²) in [6.07, 6.45) is 2.68. The van der Waals surface area contributed by atoms with Crippen molar-refractivity contribution in [2.75, 3.05) is 0 Å². The minimum atomic E-state index is -1.85. The number of allylic oxidation sites excluding steroid dienone is 2. The van der Waals surface area contributed by atoms with E-state index >= 15 is 0 Å². The van der Waals surface area contributed by atoms with E-state index in [1.807, 2.05) is 6.08 Å². The van der Waals surface area contributed by atoms with Gasteiger partial charge in [0.25, 0.3) is 11.3 Å². The summed E-state index contributed by atoms with van der Waals surface area (Å²) in [4.78, 5) is 0. The molecule has 0 aromatic heterocycles. The molecule has 0 radical (unpaired) electrons. The van der Waals surface area contributed by atoms with Crippen LogP contribution in [0.2, 0.25) is 0 Å². The minimum absolute atomic E-state index is 0.840. The van der Waals surface area contributed by atoms with Crippen molar-refractivity contribution in [2.24, 2.45) is 0 Å². The molecule has 0 aliphatic heterocycles. The van der Waals surface area contributed by atoms with Gasteiger partial charge in [-0.05, 0) is 0 Å². The number of nitrogens with one attached hydrogen (secondary N) is 1. The molecular formula is C3H5NO2S. The molecule has 4 heteroatoms. The molecule has 1 aliphatic carbocycles. The van der Waals surface area contributed by atoms with Crippen LogP contribution < -0.4 is 4.72 Å². The van der Waals surface area contributed by atoms with E-state index in [4.69, 9.17) is 4.55 Å². The first-order valence-corrected chi connectivity index (χ1v) is 2.96. The summed E-state index contributed by atoms with van der Waals surface area (Å²) in [5.41, 5.74) is 0.862. The average molecular weight is 119 g/mol. The predicted molar refractivity (Wildman–Crippen MR) is 26.6 cm³/mol. The van der Waals surface area contributed by atoms with Crippen LogP contribution in [-0.2, 0) is 11.3 Å². The normalized spacial score (nSPS) is 20.4. The zero-order valence-corrected chi connectivity index (χ0v) is 4.36. The first-order chi connectivity index (χ1) is 3.29. The molecule has 7 heavy (non-hydrogen) atoms. The SMILES string of the molecule is O=S(O)NC1=CC1. The maximum Gasteiger partial charge on any atom is 0.258 e. The van der Waals surface area contributed by atoms with E-state index in [1.165, 1.54) is 0 Å². The summed E-state index contributed by atoms with van der Waals surface area (Å²) in [7, 11) is 0. The van der Waals surface area contributed by atoms with Crippen LogP contribution in [0.5, 0.6) is 0 Å². The van der Waals surface area contributed by atoms with Crippen molar-refractivity contribution in [2.45, 2.75) is 6.42 Å². The van der Waals surface area contributed by atoms with E-state index < -0.39 is 11.3 Å². The molecule has 0 amide bonds. The van der Waals surface area contributed by atoms with Crippen molar-refractivity contribution in [3.63, 3.8) is 0 Å². The van der Waals surface area contributed by atoms with E-state index in [-0.39, 0.29) is 0 Å². The molecule has 0 fully saturated rings. The third kappa shape index (κ3) is 1.70. The number of hydrogen-bond donors (Lipinski definition) is 2. The van der Waals surface area contributed by atoms with E-state index in [0.29, 0.717) is 0 Å². The van der Waals surface area contributed by atoms with Crippen molar-refractivity contribution < 1.29 is 8.76 Å². The number of rotatable bonds is 2. The van der Waals surface area contributed by atoms with Crippen molar-refractivity contribution in [3.8, 4) is 0 Å². The highest BCUT2D eigenvalue weighted by Crippen LogP contribution is 2.13. The lowest BCUT2D eigenvalue weighted by molar-refractivity contribution is 0.557. The van der Waals surface area contributed by atoms with Gasteiger partial charge in [-0.3, -0.25) is 9.27 Å². The Morgan fingerprint density at radius 3 is 2.71 bits per heavy atom. The molecule has 1 atom stereocenters. The quantitative estimate of drug-likeness (QED) is 0.503. The van der Waals surface area contributed by atoms with Crippen LogP contribution in [0.25, 0.3) is 0 Å². The number of hydrogen-bond acceptors (Lipinski definition) is 1. The molecular weight excluding hydrogens is 114 g/mol. The van der Waals surface area contributed by atoms with Gasteiger partial charge in [0.2, 0.25) is 0 Å². The first-order valence-electron chi connectivity index (χ1n) is 1.85. The van der Waals surface area contributed by atoms with Crippen LogP contribution in [0.3, 0.4) is 0 Å². The minimum Gasteiger partial charge on any atom is -0.289 e. The third-order valence-electron chi connectivity index (χ3n) is 0.627. The van der Waals surface area contributed by atoms with E-state index in [0.717, 1.165) is 12.1 Å². The van der Waals surface area contributed by atoms with Gasteiger partial charge in [-0.2, -0.15) is 0 Å². The van der Waals surface area contributed by atoms with Crippen LogP contribution >= 0.6 is 0 Å². The molecule has 0 heterocycles. The Bertz CT molecular complexity index is 131. The van der Waals surface area contributed by atoms with Crippen molar-refractivity contribution in [1.82, 2.24) is 4.72 Å². The summed E-state index contributed by atoms with van der Waals surface area (Å²) in [5.74, 6) is 0. The lowest BCUT2D eigenvalue weighted by Crippen LogP contribution is -2.08. The second kappa shape index (κ2) is 1.63. The summed E-state index contributed by atoms with van der Waals surface area (Å²) >= 11 is -1.85. The maximum absolute atomic E-state index is 9.81. The van der Waals surface area contributed by atoms with Gasteiger partial charge in [0.1, 0.15) is 0 Å². The third-order valence-corrected chi connectivity index (χ3v) is 1.06. The Morgan fingerprint density at radius 2 is 2.57 bits per heavy atom. The van der Waals surface area contributed by atoms with E-state index in [2.05, 4.69) is 4.72 Å². The molecule has 1 rings (SSSR count). The zero-order chi connectivity index (χ0) is 5.28. The molecule has 0 aromatic rings. The van der Waals surface area contributed by atoms with Gasteiger partial charge in [-0.1, -0.05) is 6.08 Å². The molecule has 2 N–H and O–H groups in total. The van der Waals surface area contributed by atoms with Gasteiger partial charge < -0.3 is 0 Å². The van der Waals surface area contributed by atoms with Gasteiger partial charge >= 0.3 is 0 Å². The Kier molecular flexibility index (Phi) is 1.12. The molecule has 0 saturated carbocycles. The molecule has 40 valence electrons. The average Bonchev–Trinajstić information content (AvgIpc) is 2.17. The largest absolute Gasteiger partial charge is 0.289 e. The predicted octanol–water partition coefficient (Wildman–Crippen LogP) is 0.000300. The topological polar surface area (TPSA) is 49.3 Å². The summed E-state index contributed by atoms with van der Waals surface area (Å²) < 4.78 is 20.2. The van der Waals surface area contributed by atoms with Crippen LogP contribution in [0, 0.1) is 0 Å². The standard InChI is InChI=1S/C3H5NO2S/c5-7(6)4-3-1-2-3/h1,4H,2H2,(H,5,6). The van der Waals surface area contributed by atoms with Crippen LogP contribution in [-0.4, -0.2) is 8.76 Å². The van der Waals surface area contributed by atoms with Crippen molar-refractivity contribution in [1.29, 1.82) is 0 Å². The Labute approximate surface area is 43.8 Å². The van der Waals surface area contributed by atoms with E-state index in [9.17, 15) is 4.21 Å².